The van der Waals surface area contributed by atoms with Gasteiger partial charge >= 0.3 is 0 Å². The van der Waals surface area contributed by atoms with Crippen molar-refractivity contribution in [3.63, 3.8) is 0 Å². The number of hydrogen-bond acceptors (Lipinski definition) is 3. The van der Waals surface area contributed by atoms with Crippen LogP contribution in [0.3, 0.4) is 0 Å². The molecule has 0 bridgehead atoms. The third kappa shape index (κ3) is 5.67. The molecule has 0 aliphatic carbocycles. The Labute approximate surface area is 139 Å². The van der Waals surface area contributed by atoms with E-state index in [0.717, 1.165) is 0 Å². The molecule has 1 fully saturated rings. The summed E-state index contributed by atoms with van der Waals surface area (Å²) in [5, 5.41) is 5.04. The molecule has 0 radical (unpaired) electrons. The zero-order chi connectivity index (χ0) is 16.3. The molecule has 8 heteroatoms. The van der Waals surface area contributed by atoms with Gasteiger partial charge in [0, 0.05) is 25.1 Å². The Bertz CT molecular complexity index is 555. The van der Waals surface area contributed by atoms with E-state index in [1.54, 1.807) is 12.1 Å². The molecule has 1 aliphatic rings. The zero-order valence-corrected chi connectivity index (χ0v) is 13.9. The van der Waals surface area contributed by atoms with Crippen molar-refractivity contribution in [2.24, 2.45) is 0 Å². The summed E-state index contributed by atoms with van der Waals surface area (Å²) in [4.78, 5) is 13.6. The highest BCUT2D eigenvalue weighted by Crippen LogP contribution is 2.25. The lowest BCUT2D eigenvalue weighted by Crippen LogP contribution is -2.40. The van der Waals surface area contributed by atoms with E-state index in [1.165, 1.54) is 6.07 Å². The van der Waals surface area contributed by atoms with Crippen molar-refractivity contribution in [3.8, 4) is 0 Å². The number of carbonyl (C=O) groups is 1. The second-order valence-electron chi connectivity index (χ2n) is 5.87. The first-order chi connectivity index (χ1) is 10.3. The lowest BCUT2D eigenvalue weighted by molar-refractivity contribution is -0.123. The monoisotopic (exact) mass is 351 g/mol. The number of nitrogens with one attached hydrogen (secondary N) is 2. The number of halogens is 4. The molecule has 130 valence electrons. The molecule has 1 aliphatic heterocycles. The number of carbonyl (C=O) groups excluding carboxylic acids is 1. The summed E-state index contributed by atoms with van der Waals surface area (Å²) in [6, 6.07) is 3.85. The molecule has 2 rings (SSSR count). The van der Waals surface area contributed by atoms with E-state index in [2.05, 4.69) is 10.6 Å². The van der Waals surface area contributed by atoms with Gasteiger partial charge in [-0.3, -0.25) is 10.1 Å². The topological polar surface area (TPSA) is 44.4 Å². The summed E-state index contributed by atoms with van der Waals surface area (Å²) >= 11 is 0. The van der Waals surface area contributed by atoms with Gasteiger partial charge in [-0.05, 0) is 25.7 Å². The average Bonchev–Trinajstić information content (AvgIpc) is 2.79. The van der Waals surface area contributed by atoms with E-state index >= 15 is 0 Å². The van der Waals surface area contributed by atoms with E-state index in [-0.39, 0.29) is 24.8 Å². The second kappa shape index (κ2) is 7.99. The number of benzene rings is 1. The smallest absolute Gasteiger partial charge is 0.262 e. The summed E-state index contributed by atoms with van der Waals surface area (Å²) in [7, 11) is 3.69. The van der Waals surface area contributed by atoms with Gasteiger partial charge in [0.25, 0.3) is 5.92 Å². The molecule has 1 unspecified atom stereocenters. The molecule has 1 heterocycles. The van der Waals surface area contributed by atoms with Crippen LogP contribution < -0.4 is 10.6 Å². The van der Waals surface area contributed by atoms with E-state index < -0.39 is 30.8 Å². The molecule has 1 amide bonds. The fraction of sp³-hybridized carbons (Fsp3) is 0.533. The highest BCUT2D eigenvalue weighted by molar-refractivity contribution is 5.85. The molecule has 4 nitrogen and oxygen atoms in total. The molecular weight excluding hydrogens is 331 g/mol. The molecule has 0 saturated carbocycles. The van der Waals surface area contributed by atoms with Crippen LogP contribution in [0, 0.1) is 5.82 Å². The predicted octanol–water partition coefficient (Wildman–Crippen LogP) is 1.92. The second-order valence-corrected chi connectivity index (χ2v) is 5.87. The quantitative estimate of drug-likeness (QED) is 0.852. The summed E-state index contributed by atoms with van der Waals surface area (Å²) in [5.74, 6) is -3.68. The minimum atomic E-state index is -2.85. The first-order valence-corrected chi connectivity index (χ1v) is 7.08. The van der Waals surface area contributed by atoms with Crippen molar-refractivity contribution in [2.75, 3.05) is 20.6 Å². The third-order valence-corrected chi connectivity index (χ3v) is 3.50. The number of rotatable bonds is 5. The van der Waals surface area contributed by atoms with Crippen molar-refractivity contribution < 1.29 is 18.0 Å². The molecule has 1 aromatic rings. The van der Waals surface area contributed by atoms with E-state index in [0.29, 0.717) is 17.7 Å². The van der Waals surface area contributed by atoms with Gasteiger partial charge < -0.3 is 10.2 Å². The standard InChI is InChI=1S/C15H20F3N3O.ClH/c1-21(2)8-11-4-3-10(5-12(11)16)7-19-14(22)13-6-15(17,18)9-20-13;/h3-5,13,20H,6-9H2,1-2H3,(H,19,22);1H. The Morgan fingerprint density at radius 3 is 2.65 bits per heavy atom. The van der Waals surface area contributed by atoms with Crippen molar-refractivity contribution in [1.29, 1.82) is 0 Å². The molecule has 1 saturated heterocycles. The van der Waals surface area contributed by atoms with Gasteiger partial charge in [0.15, 0.2) is 0 Å². The van der Waals surface area contributed by atoms with Gasteiger partial charge in [0.05, 0.1) is 12.6 Å². The maximum atomic E-state index is 13.9. The summed E-state index contributed by atoms with van der Waals surface area (Å²) in [6.45, 7) is 0.111. The molecule has 1 aromatic carbocycles. The van der Waals surface area contributed by atoms with Crippen LogP contribution in [0.4, 0.5) is 13.2 Å². The summed E-state index contributed by atoms with van der Waals surface area (Å²) in [6.07, 6.45) is -0.505. The Morgan fingerprint density at radius 2 is 2.13 bits per heavy atom. The van der Waals surface area contributed by atoms with Crippen LogP contribution in [0.5, 0.6) is 0 Å². The van der Waals surface area contributed by atoms with Crippen LogP contribution in [0.15, 0.2) is 18.2 Å². The van der Waals surface area contributed by atoms with Crippen molar-refractivity contribution in [2.45, 2.75) is 31.5 Å². The lowest BCUT2D eigenvalue weighted by atomic mass is 10.1. The Kier molecular flexibility index (Phi) is 6.85. The van der Waals surface area contributed by atoms with E-state index in [9.17, 15) is 18.0 Å². The van der Waals surface area contributed by atoms with Gasteiger partial charge in [-0.25, -0.2) is 13.2 Å². The normalized spacial score (nSPS) is 19.5. The first-order valence-electron chi connectivity index (χ1n) is 7.08. The van der Waals surface area contributed by atoms with Crippen LogP contribution >= 0.6 is 12.4 Å². The Morgan fingerprint density at radius 1 is 1.43 bits per heavy atom. The van der Waals surface area contributed by atoms with Crippen molar-refractivity contribution >= 4 is 18.3 Å². The van der Waals surface area contributed by atoms with Gasteiger partial charge in [-0.1, -0.05) is 12.1 Å². The van der Waals surface area contributed by atoms with E-state index in [4.69, 9.17) is 0 Å². The minimum Gasteiger partial charge on any atom is -0.351 e. The molecule has 0 aromatic heterocycles. The van der Waals surface area contributed by atoms with Crippen LogP contribution in [0.25, 0.3) is 0 Å². The highest BCUT2D eigenvalue weighted by atomic mass is 35.5. The predicted molar refractivity (Wildman–Crippen MR) is 84.2 cm³/mol. The maximum Gasteiger partial charge on any atom is 0.262 e. The number of nitrogens with zero attached hydrogens (tertiary/aromatic N) is 1. The first kappa shape index (κ1) is 19.7. The highest BCUT2D eigenvalue weighted by Gasteiger charge is 2.42. The molecule has 1 atom stereocenters. The van der Waals surface area contributed by atoms with Gasteiger partial charge in [0.2, 0.25) is 5.91 Å². The Balaban J connectivity index is 0.00000264. The third-order valence-electron chi connectivity index (χ3n) is 3.50. The number of hydrogen-bond donors (Lipinski definition) is 2. The SMILES string of the molecule is CN(C)Cc1ccc(CNC(=O)C2CC(F)(F)CN2)cc1F.Cl. The van der Waals surface area contributed by atoms with Crippen LogP contribution in [-0.4, -0.2) is 43.4 Å². The largest absolute Gasteiger partial charge is 0.351 e. The summed E-state index contributed by atoms with van der Waals surface area (Å²) < 4.78 is 39.9. The molecule has 23 heavy (non-hydrogen) atoms. The van der Waals surface area contributed by atoms with E-state index in [1.807, 2.05) is 19.0 Å². The van der Waals surface area contributed by atoms with Crippen molar-refractivity contribution in [3.05, 3.63) is 35.1 Å². The fourth-order valence-corrected chi connectivity index (χ4v) is 2.38. The number of amides is 1. The van der Waals surface area contributed by atoms with Crippen molar-refractivity contribution in [1.82, 2.24) is 15.5 Å². The maximum absolute atomic E-state index is 13.9. The fourth-order valence-electron chi connectivity index (χ4n) is 2.38. The van der Waals surface area contributed by atoms with Crippen LogP contribution in [0.2, 0.25) is 0 Å². The summed E-state index contributed by atoms with van der Waals surface area (Å²) in [5.41, 5.74) is 1.16. The number of alkyl halides is 2. The molecule has 2 N–H and O–H groups in total. The molecular formula is C15H21ClF3N3O. The minimum absolute atomic E-state index is 0. The van der Waals surface area contributed by atoms with Crippen LogP contribution in [0.1, 0.15) is 17.5 Å². The van der Waals surface area contributed by atoms with Crippen LogP contribution in [-0.2, 0) is 17.9 Å². The Hall–Kier alpha value is -1.31. The van der Waals surface area contributed by atoms with Gasteiger partial charge in [-0.2, -0.15) is 0 Å². The lowest BCUT2D eigenvalue weighted by Gasteiger charge is -2.13. The zero-order valence-electron chi connectivity index (χ0n) is 13.0. The average molecular weight is 352 g/mol. The van der Waals surface area contributed by atoms with Gasteiger partial charge in [-0.15, -0.1) is 12.4 Å². The van der Waals surface area contributed by atoms with Gasteiger partial charge in [0.1, 0.15) is 5.82 Å². The molecule has 0 spiro atoms.